The van der Waals surface area contributed by atoms with E-state index in [-0.39, 0.29) is 11.8 Å². The largest absolute Gasteiger partial charge is 0.461 e. The fourth-order valence-corrected chi connectivity index (χ4v) is 1.91. The van der Waals surface area contributed by atoms with Crippen LogP contribution in [0.4, 0.5) is 0 Å². The average Bonchev–Trinajstić information content (AvgIpc) is 2.52. The van der Waals surface area contributed by atoms with E-state index in [9.17, 15) is 4.79 Å². The third kappa shape index (κ3) is 4.76. The molecular formula is C17H18N2O2. The van der Waals surface area contributed by atoms with Crippen molar-refractivity contribution in [3.05, 3.63) is 71.3 Å². The average molecular weight is 282 g/mol. The van der Waals surface area contributed by atoms with Crippen LogP contribution in [0.3, 0.4) is 0 Å². The van der Waals surface area contributed by atoms with Gasteiger partial charge in [0.15, 0.2) is 0 Å². The van der Waals surface area contributed by atoms with Crippen LogP contribution in [-0.4, -0.2) is 11.8 Å². The molecule has 0 aliphatic rings. The predicted octanol–water partition coefficient (Wildman–Crippen LogP) is 2.65. The highest BCUT2D eigenvalue weighted by Gasteiger charge is 2.05. The molecular weight excluding hydrogens is 264 g/mol. The van der Waals surface area contributed by atoms with Crippen LogP contribution in [0, 0.1) is 5.41 Å². The zero-order valence-corrected chi connectivity index (χ0v) is 11.7. The Hall–Kier alpha value is -2.62. The van der Waals surface area contributed by atoms with Gasteiger partial charge < -0.3 is 10.5 Å². The van der Waals surface area contributed by atoms with Gasteiger partial charge in [-0.05, 0) is 17.5 Å². The van der Waals surface area contributed by atoms with Crippen molar-refractivity contribution >= 4 is 11.8 Å². The molecule has 4 heteroatoms. The molecule has 3 N–H and O–H groups in total. The van der Waals surface area contributed by atoms with Gasteiger partial charge in [-0.3, -0.25) is 10.2 Å². The molecule has 0 saturated heterocycles. The molecule has 108 valence electrons. The predicted molar refractivity (Wildman–Crippen MR) is 82.0 cm³/mol. The third-order valence-corrected chi connectivity index (χ3v) is 3.13. The van der Waals surface area contributed by atoms with Gasteiger partial charge in [-0.2, -0.15) is 0 Å². The smallest absolute Gasteiger partial charge is 0.306 e. The summed E-state index contributed by atoms with van der Waals surface area (Å²) < 4.78 is 5.22. The Morgan fingerprint density at radius 3 is 2.29 bits per heavy atom. The molecule has 0 saturated carbocycles. The number of nitrogens with two attached hydrogens (primary N) is 1. The van der Waals surface area contributed by atoms with Crippen LogP contribution in [0.25, 0.3) is 0 Å². The molecule has 0 aliphatic heterocycles. The summed E-state index contributed by atoms with van der Waals surface area (Å²) in [5.74, 6) is -0.168. The van der Waals surface area contributed by atoms with Gasteiger partial charge in [-0.15, -0.1) is 0 Å². The summed E-state index contributed by atoms with van der Waals surface area (Å²) in [6.07, 6.45) is 0.956. The Morgan fingerprint density at radius 2 is 1.67 bits per heavy atom. The first kappa shape index (κ1) is 14.8. The number of carbonyl (C=O) groups excluding carboxylic acids is 1. The van der Waals surface area contributed by atoms with Crippen LogP contribution < -0.4 is 5.73 Å². The maximum absolute atomic E-state index is 11.7. The summed E-state index contributed by atoms with van der Waals surface area (Å²) in [4.78, 5) is 11.7. The second-order valence-corrected chi connectivity index (χ2v) is 4.76. The van der Waals surface area contributed by atoms with Gasteiger partial charge in [0.1, 0.15) is 12.4 Å². The van der Waals surface area contributed by atoms with Crippen molar-refractivity contribution in [1.29, 1.82) is 5.41 Å². The van der Waals surface area contributed by atoms with Crippen LogP contribution in [0.5, 0.6) is 0 Å². The Labute approximate surface area is 124 Å². The number of nitrogen functional groups attached to an aromatic ring is 1. The number of benzene rings is 2. The summed E-state index contributed by atoms with van der Waals surface area (Å²) in [6, 6.07) is 16.9. The molecule has 0 aliphatic carbocycles. The third-order valence-electron chi connectivity index (χ3n) is 3.13. The molecule has 2 aromatic carbocycles. The maximum atomic E-state index is 11.7. The van der Waals surface area contributed by atoms with E-state index >= 15 is 0 Å². The van der Waals surface area contributed by atoms with Crippen molar-refractivity contribution in [2.45, 2.75) is 19.4 Å². The van der Waals surface area contributed by atoms with E-state index < -0.39 is 0 Å². The summed E-state index contributed by atoms with van der Waals surface area (Å²) in [7, 11) is 0. The van der Waals surface area contributed by atoms with E-state index in [2.05, 4.69) is 0 Å². The van der Waals surface area contributed by atoms with E-state index in [1.54, 1.807) is 12.1 Å². The quantitative estimate of drug-likeness (QED) is 0.486. The summed E-state index contributed by atoms with van der Waals surface area (Å²) in [5.41, 5.74) is 8.08. The second kappa shape index (κ2) is 7.24. The number of amidine groups is 1. The Morgan fingerprint density at radius 1 is 1.00 bits per heavy atom. The first-order chi connectivity index (χ1) is 10.1. The summed E-state index contributed by atoms with van der Waals surface area (Å²) >= 11 is 0. The fourth-order valence-electron chi connectivity index (χ4n) is 1.91. The SMILES string of the molecule is N=C(N)c1ccc(CCC(=O)OCc2ccccc2)cc1. The fraction of sp³-hybridized carbons (Fsp3) is 0.176. The van der Waals surface area contributed by atoms with Crippen molar-refractivity contribution in [2.75, 3.05) is 0 Å². The second-order valence-electron chi connectivity index (χ2n) is 4.76. The van der Waals surface area contributed by atoms with Gasteiger partial charge in [0.25, 0.3) is 0 Å². The van der Waals surface area contributed by atoms with Gasteiger partial charge in [0.05, 0.1) is 0 Å². The minimum absolute atomic E-state index is 0.0452. The van der Waals surface area contributed by atoms with Crippen LogP contribution in [-0.2, 0) is 22.6 Å². The van der Waals surface area contributed by atoms with Crippen molar-refractivity contribution in [1.82, 2.24) is 0 Å². The number of esters is 1. The molecule has 0 bridgehead atoms. The highest BCUT2D eigenvalue weighted by atomic mass is 16.5. The van der Waals surface area contributed by atoms with Crippen LogP contribution in [0.2, 0.25) is 0 Å². The van der Waals surface area contributed by atoms with E-state index in [0.717, 1.165) is 11.1 Å². The first-order valence-electron chi connectivity index (χ1n) is 6.78. The lowest BCUT2D eigenvalue weighted by atomic mass is 10.1. The van der Waals surface area contributed by atoms with Crippen molar-refractivity contribution in [3.63, 3.8) is 0 Å². The Kier molecular flexibility index (Phi) is 5.10. The van der Waals surface area contributed by atoms with E-state index in [1.165, 1.54) is 0 Å². The van der Waals surface area contributed by atoms with Crippen molar-refractivity contribution < 1.29 is 9.53 Å². The molecule has 21 heavy (non-hydrogen) atoms. The first-order valence-corrected chi connectivity index (χ1v) is 6.78. The number of aryl methyl sites for hydroxylation is 1. The molecule has 0 amide bonds. The Bertz CT molecular complexity index is 606. The van der Waals surface area contributed by atoms with Gasteiger partial charge >= 0.3 is 5.97 Å². The molecule has 0 radical (unpaired) electrons. The van der Waals surface area contributed by atoms with Crippen molar-refractivity contribution in [3.8, 4) is 0 Å². The summed E-state index contributed by atoms with van der Waals surface area (Å²) in [5, 5.41) is 7.32. The molecule has 0 atom stereocenters. The highest BCUT2D eigenvalue weighted by Crippen LogP contribution is 2.08. The minimum atomic E-state index is -0.213. The molecule has 0 unspecified atom stereocenters. The highest BCUT2D eigenvalue weighted by molar-refractivity contribution is 5.94. The standard InChI is InChI=1S/C17H18N2O2/c18-17(19)15-9-6-13(7-10-15)8-11-16(20)21-12-14-4-2-1-3-5-14/h1-7,9-10H,8,11-12H2,(H3,18,19). The van der Waals surface area contributed by atoms with Gasteiger partial charge in [-0.1, -0.05) is 54.6 Å². The van der Waals surface area contributed by atoms with Crippen LogP contribution in [0.1, 0.15) is 23.1 Å². The zero-order chi connectivity index (χ0) is 15.1. The van der Waals surface area contributed by atoms with Crippen LogP contribution in [0.15, 0.2) is 54.6 Å². The van der Waals surface area contributed by atoms with E-state index in [1.807, 2.05) is 42.5 Å². The number of carbonyl (C=O) groups is 1. The molecule has 4 nitrogen and oxygen atoms in total. The van der Waals surface area contributed by atoms with E-state index in [0.29, 0.717) is 25.0 Å². The lowest BCUT2D eigenvalue weighted by Crippen LogP contribution is -2.11. The number of ether oxygens (including phenoxy) is 1. The molecule has 0 fully saturated rings. The minimum Gasteiger partial charge on any atom is -0.461 e. The van der Waals surface area contributed by atoms with Crippen LogP contribution >= 0.6 is 0 Å². The van der Waals surface area contributed by atoms with Gasteiger partial charge in [-0.25, -0.2) is 0 Å². The van der Waals surface area contributed by atoms with Gasteiger partial charge in [0.2, 0.25) is 0 Å². The lowest BCUT2D eigenvalue weighted by molar-refractivity contribution is -0.144. The number of rotatable bonds is 6. The Balaban J connectivity index is 1.77. The number of hydrogen-bond donors (Lipinski definition) is 2. The van der Waals surface area contributed by atoms with Gasteiger partial charge in [0, 0.05) is 12.0 Å². The maximum Gasteiger partial charge on any atom is 0.306 e. The zero-order valence-electron chi connectivity index (χ0n) is 11.7. The van der Waals surface area contributed by atoms with Crippen molar-refractivity contribution in [2.24, 2.45) is 5.73 Å². The van der Waals surface area contributed by atoms with E-state index in [4.69, 9.17) is 15.9 Å². The molecule has 0 heterocycles. The number of hydrogen-bond acceptors (Lipinski definition) is 3. The number of nitrogens with one attached hydrogen (secondary N) is 1. The molecule has 0 aromatic heterocycles. The monoisotopic (exact) mass is 282 g/mol. The molecule has 2 aromatic rings. The topological polar surface area (TPSA) is 76.2 Å². The normalized spacial score (nSPS) is 10.1. The molecule has 0 spiro atoms. The lowest BCUT2D eigenvalue weighted by Gasteiger charge is -2.05. The molecule has 2 rings (SSSR count). The summed E-state index contributed by atoms with van der Waals surface area (Å²) in [6.45, 7) is 0.308.